The maximum absolute atomic E-state index is 12.7. The Morgan fingerprint density at radius 1 is 0.892 bits per heavy atom. The topological polar surface area (TPSA) is 123 Å². The van der Waals surface area contributed by atoms with Crippen molar-refractivity contribution < 1.29 is 27.5 Å². The Labute approximate surface area is 213 Å². The predicted octanol–water partition coefficient (Wildman–Crippen LogP) is 3.50. The number of ether oxygens (including phenoxy) is 2. The zero-order valence-electron chi connectivity index (χ0n) is 19.7. The lowest BCUT2D eigenvalue weighted by molar-refractivity contribution is -0.119. The molecule has 188 valence electrons. The van der Waals surface area contributed by atoms with E-state index in [1.807, 2.05) is 24.3 Å². The van der Waals surface area contributed by atoms with E-state index < -0.39 is 28.4 Å². The highest BCUT2D eigenvalue weighted by molar-refractivity contribution is 7.89. The Bertz CT molecular complexity index is 1550. The van der Waals surface area contributed by atoms with Crippen LogP contribution < -0.4 is 19.6 Å². The molecule has 0 aliphatic carbocycles. The van der Waals surface area contributed by atoms with E-state index >= 15 is 0 Å². The van der Waals surface area contributed by atoms with E-state index in [1.54, 1.807) is 54.6 Å². The third kappa shape index (κ3) is 6.37. The standard InChI is InChI=1S/C27H23N3O6S/c1-35-21-14-11-20(12-15-21)27(32)36-25-16-13-19-7-5-6-10-23(19)24(25)17-28-30-26(31)18-29-37(33,34)22-8-3-2-4-9-22/h2-17,29H,18H2,1H3,(H,30,31)/b28-17-. The molecule has 0 radical (unpaired) electrons. The minimum absolute atomic E-state index is 0.0466. The monoisotopic (exact) mass is 517 g/mol. The van der Waals surface area contributed by atoms with E-state index in [2.05, 4.69) is 15.2 Å². The number of amides is 1. The number of fused-ring (bicyclic) bond motifs is 1. The molecular formula is C27H23N3O6S. The SMILES string of the molecule is COc1ccc(C(=O)Oc2ccc3ccccc3c2/C=N\NC(=O)CNS(=O)(=O)c2ccccc2)cc1. The van der Waals surface area contributed by atoms with Crippen molar-refractivity contribution >= 4 is 38.9 Å². The maximum atomic E-state index is 12.7. The molecule has 10 heteroatoms. The lowest BCUT2D eigenvalue weighted by atomic mass is 10.0. The quantitative estimate of drug-likeness (QED) is 0.152. The second-order valence-corrected chi connectivity index (χ2v) is 9.51. The number of esters is 1. The number of sulfonamides is 1. The largest absolute Gasteiger partial charge is 0.497 e. The van der Waals surface area contributed by atoms with Gasteiger partial charge in [0, 0.05) is 5.56 Å². The third-order valence-corrected chi connectivity index (χ3v) is 6.74. The second kappa shape index (κ2) is 11.5. The van der Waals surface area contributed by atoms with Crippen LogP contribution in [-0.4, -0.2) is 40.2 Å². The molecule has 0 saturated heterocycles. The summed E-state index contributed by atoms with van der Waals surface area (Å²) in [5, 5.41) is 5.57. The number of benzene rings is 4. The molecule has 9 nitrogen and oxygen atoms in total. The van der Waals surface area contributed by atoms with Crippen LogP contribution in [0.15, 0.2) is 101 Å². The van der Waals surface area contributed by atoms with Crippen LogP contribution in [0, 0.1) is 0 Å². The second-order valence-electron chi connectivity index (χ2n) is 7.75. The predicted molar refractivity (Wildman–Crippen MR) is 139 cm³/mol. The summed E-state index contributed by atoms with van der Waals surface area (Å²) in [7, 11) is -2.31. The first kappa shape index (κ1) is 25.5. The fraction of sp³-hybridized carbons (Fsp3) is 0.0741. The summed E-state index contributed by atoms with van der Waals surface area (Å²) in [6, 6.07) is 25.1. The van der Waals surface area contributed by atoms with Crippen LogP contribution in [0.4, 0.5) is 0 Å². The van der Waals surface area contributed by atoms with Gasteiger partial charge in [-0.2, -0.15) is 5.10 Å². The Morgan fingerprint density at radius 2 is 1.59 bits per heavy atom. The number of hydrazone groups is 1. The zero-order chi connectivity index (χ0) is 26.3. The summed E-state index contributed by atoms with van der Waals surface area (Å²) >= 11 is 0. The first-order valence-corrected chi connectivity index (χ1v) is 12.6. The van der Waals surface area contributed by atoms with Crippen molar-refractivity contribution in [2.45, 2.75) is 4.90 Å². The number of nitrogens with one attached hydrogen (secondary N) is 2. The van der Waals surface area contributed by atoms with Crippen molar-refractivity contribution in [1.29, 1.82) is 0 Å². The number of nitrogens with zero attached hydrogens (tertiary/aromatic N) is 1. The average Bonchev–Trinajstić information content (AvgIpc) is 2.93. The van der Waals surface area contributed by atoms with E-state index in [0.717, 1.165) is 10.8 Å². The average molecular weight is 518 g/mol. The van der Waals surface area contributed by atoms with Crippen molar-refractivity contribution in [3.8, 4) is 11.5 Å². The highest BCUT2D eigenvalue weighted by Gasteiger charge is 2.16. The molecule has 0 saturated carbocycles. The van der Waals surface area contributed by atoms with Gasteiger partial charge in [-0.25, -0.2) is 23.4 Å². The van der Waals surface area contributed by atoms with Crippen LogP contribution in [-0.2, 0) is 14.8 Å². The van der Waals surface area contributed by atoms with Crippen LogP contribution in [0.1, 0.15) is 15.9 Å². The third-order valence-electron chi connectivity index (χ3n) is 5.32. The highest BCUT2D eigenvalue weighted by atomic mass is 32.2. The molecular weight excluding hydrogens is 494 g/mol. The van der Waals surface area contributed by atoms with Crippen LogP contribution >= 0.6 is 0 Å². The fourth-order valence-electron chi connectivity index (χ4n) is 3.44. The molecule has 0 aromatic heterocycles. The number of methoxy groups -OCH3 is 1. The van der Waals surface area contributed by atoms with Gasteiger partial charge in [-0.3, -0.25) is 4.79 Å². The van der Waals surface area contributed by atoms with Crippen LogP contribution in [0.2, 0.25) is 0 Å². The summed E-state index contributed by atoms with van der Waals surface area (Å²) in [6.07, 6.45) is 1.35. The first-order chi connectivity index (χ1) is 17.9. The van der Waals surface area contributed by atoms with Crippen LogP contribution in [0.3, 0.4) is 0 Å². The van der Waals surface area contributed by atoms with Crippen molar-refractivity contribution in [3.05, 3.63) is 102 Å². The van der Waals surface area contributed by atoms with Gasteiger partial charge < -0.3 is 9.47 Å². The summed E-state index contributed by atoms with van der Waals surface area (Å²) in [4.78, 5) is 25.0. The molecule has 37 heavy (non-hydrogen) atoms. The summed E-state index contributed by atoms with van der Waals surface area (Å²) < 4.78 is 37.6. The normalized spacial score (nSPS) is 11.4. The molecule has 0 spiro atoms. The van der Waals surface area contributed by atoms with Gasteiger partial charge >= 0.3 is 5.97 Å². The van der Waals surface area contributed by atoms with Gasteiger partial charge in [-0.05, 0) is 53.2 Å². The van der Waals surface area contributed by atoms with E-state index in [9.17, 15) is 18.0 Å². The van der Waals surface area contributed by atoms with Crippen molar-refractivity contribution in [3.63, 3.8) is 0 Å². The minimum Gasteiger partial charge on any atom is -0.497 e. The van der Waals surface area contributed by atoms with E-state index in [4.69, 9.17) is 9.47 Å². The molecule has 0 bridgehead atoms. The van der Waals surface area contributed by atoms with Gasteiger partial charge in [0.15, 0.2) is 0 Å². The Balaban J connectivity index is 1.49. The van der Waals surface area contributed by atoms with Crippen molar-refractivity contribution in [2.24, 2.45) is 5.10 Å². The van der Waals surface area contributed by atoms with E-state index in [0.29, 0.717) is 16.9 Å². The number of hydrogen-bond donors (Lipinski definition) is 2. The lowest BCUT2D eigenvalue weighted by Crippen LogP contribution is -2.34. The number of carbonyl (C=O) groups excluding carboxylic acids is 2. The number of carbonyl (C=O) groups is 2. The van der Waals surface area contributed by atoms with Crippen LogP contribution in [0.5, 0.6) is 11.5 Å². The highest BCUT2D eigenvalue weighted by Crippen LogP contribution is 2.27. The van der Waals surface area contributed by atoms with Gasteiger partial charge in [0.1, 0.15) is 11.5 Å². The minimum atomic E-state index is -3.84. The molecule has 4 aromatic carbocycles. The van der Waals surface area contributed by atoms with Crippen molar-refractivity contribution in [1.82, 2.24) is 10.1 Å². The number of rotatable bonds is 9. The van der Waals surface area contributed by atoms with E-state index in [1.165, 1.54) is 25.5 Å². The van der Waals surface area contributed by atoms with Crippen molar-refractivity contribution in [2.75, 3.05) is 13.7 Å². The van der Waals surface area contributed by atoms with Gasteiger partial charge in [-0.1, -0.05) is 48.5 Å². The molecule has 0 fully saturated rings. The van der Waals surface area contributed by atoms with E-state index in [-0.39, 0.29) is 10.6 Å². The molecule has 0 unspecified atom stereocenters. The molecule has 0 atom stereocenters. The maximum Gasteiger partial charge on any atom is 0.343 e. The van der Waals surface area contributed by atoms with Gasteiger partial charge in [0.2, 0.25) is 10.0 Å². The van der Waals surface area contributed by atoms with Gasteiger partial charge in [-0.15, -0.1) is 0 Å². The smallest absolute Gasteiger partial charge is 0.343 e. The Kier molecular flexibility index (Phi) is 7.92. The molecule has 4 rings (SSSR count). The molecule has 2 N–H and O–H groups in total. The molecule has 0 aliphatic rings. The summed E-state index contributed by atoms with van der Waals surface area (Å²) in [5.74, 6) is -0.404. The molecule has 0 aliphatic heterocycles. The van der Waals surface area contributed by atoms with Crippen LogP contribution in [0.25, 0.3) is 10.8 Å². The Morgan fingerprint density at radius 3 is 2.32 bits per heavy atom. The first-order valence-electron chi connectivity index (χ1n) is 11.1. The molecule has 4 aromatic rings. The zero-order valence-corrected chi connectivity index (χ0v) is 20.6. The number of hydrogen-bond acceptors (Lipinski definition) is 7. The molecule has 0 heterocycles. The Hall–Kier alpha value is -4.54. The summed E-state index contributed by atoms with van der Waals surface area (Å²) in [6.45, 7) is -0.510. The van der Waals surface area contributed by atoms with Gasteiger partial charge in [0.05, 0.1) is 30.3 Å². The summed E-state index contributed by atoms with van der Waals surface area (Å²) in [5.41, 5.74) is 3.09. The molecule has 1 amide bonds. The van der Waals surface area contributed by atoms with Gasteiger partial charge in [0.25, 0.3) is 5.91 Å². The fourth-order valence-corrected chi connectivity index (χ4v) is 4.44. The lowest BCUT2D eigenvalue weighted by Gasteiger charge is -2.11.